The summed E-state index contributed by atoms with van der Waals surface area (Å²) < 4.78 is 6.70. The number of nitrogen functional groups attached to an aromatic ring is 1. The van der Waals surface area contributed by atoms with Gasteiger partial charge in [-0.3, -0.25) is 0 Å². The molecule has 2 N–H and O–H groups in total. The van der Waals surface area contributed by atoms with Crippen molar-refractivity contribution < 1.29 is 4.74 Å². The van der Waals surface area contributed by atoms with Gasteiger partial charge in [-0.25, -0.2) is 0 Å². The van der Waals surface area contributed by atoms with Gasteiger partial charge in [0.1, 0.15) is 12.4 Å². The minimum absolute atomic E-state index is 0.536. The first-order valence-electron chi connectivity index (χ1n) is 5.79. The van der Waals surface area contributed by atoms with Crippen LogP contribution >= 0.6 is 15.9 Å². The number of halogens is 1. The molecule has 0 fully saturated rings. The molecule has 2 nitrogen and oxygen atoms in total. The Morgan fingerprint density at radius 2 is 1.72 bits per heavy atom. The molecule has 3 heteroatoms. The van der Waals surface area contributed by atoms with Gasteiger partial charge in [0.15, 0.2) is 0 Å². The molecule has 0 bridgehead atoms. The van der Waals surface area contributed by atoms with Crippen LogP contribution in [0.5, 0.6) is 5.75 Å². The van der Waals surface area contributed by atoms with E-state index in [9.17, 15) is 0 Å². The van der Waals surface area contributed by atoms with E-state index in [1.165, 1.54) is 11.1 Å². The Hall–Kier alpha value is -1.48. The van der Waals surface area contributed by atoms with Crippen molar-refractivity contribution in [2.24, 2.45) is 0 Å². The standard InChI is InChI=1S/C15H16BrNO/c1-10-5-11(2)7-12(6-10)9-18-15-4-3-13(16)8-14(15)17/h3-8H,9,17H2,1-2H3. The van der Waals surface area contributed by atoms with Crippen LogP contribution in [0.15, 0.2) is 40.9 Å². The molecule has 0 saturated carbocycles. The van der Waals surface area contributed by atoms with Crippen molar-refractivity contribution in [2.75, 3.05) is 5.73 Å². The number of ether oxygens (including phenoxy) is 1. The molecule has 18 heavy (non-hydrogen) atoms. The molecule has 0 aliphatic rings. The van der Waals surface area contributed by atoms with Gasteiger partial charge in [-0.1, -0.05) is 45.3 Å². The number of nitrogens with two attached hydrogens (primary N) is 1. The summed E-state index contributed by atoms with van der Waals surface area (Å²) in [6, 6.07) is 12.0. The van der Waals surface area contributed by atoms with Crippen LogP contribution in [0.3, 0.4) is 0 Å². The molecular weight excluding hydrogens is 290 g/mol. The normalized spacial score (nSPS) is 10.4. The lowest BCUT2D eigenvalue weighted by Crippen LogP contribution is -1.99. The first kappa shape index (κ1) is 13.0. The summed E-state index contributed by atoms with van der Waals surface area (Å²) in [6.07, 6.45) is 0. The zero-order valence-electron chi connectivity index (χ0n) is 10.5. The van der Waals surface area contributed by atoms with Gasteiger partial charge < -0.3 is 10.5 Å². The average molecular weight is 306 g/mol. The minimum Gasteiger partial charge on any atom is -0.487 e. The van der Waals surface area contributed by atoms with Crippen LogP contribution in [0.2, 0.25) is 0 Å². The van der Waals surface area contributed by atoms with Crippen LogP contribution in [0.4, 0.5) is 5.69 Å². The number of benzene rings is 2. The average Bonchev–Trinajstić information content (AvgIpc) is 2.26. The topological polar surface area (TPSA) is 35.2 Å². The van der Waals surface area contributed by atoms with E-state index >= 15 is 0 Å². The minimum atomic E-state index is 0.536. The number of hydrogen-bond donors (Lipinski definition) is 1. The van der Waals surface area contributed by atoms with Gasteiger partial charge in [-0.15, -0.1) is 0 Å². The lowest BCUT2D eigenvalue weighted by molar-refractivity contribution is 0.308. The van der Waals surface area contributed by atoms with Crippen LogP contribution in [-0.4, -0.2) is 0 Å². The Balaban J connectivity index is 2.11. The summed E-state index contributed by atoms with van der Waals surface area (Å²) in [5, 5.41) is 0. The Morgan fingerprint density at radius 1 is 1.06 bits per heavy atom. The smallest absolute Gasteiger partial charge is 0.142 e. The molecule has 0 aliphatic carbocycles. The molecule has 2 aromatic carbocycles. The highest BCUT2D eigenvalue weighted by molar-refractivity contribution is 9.10. The maximum atomic E-state index is 5.89. The van der Waals surface area contributed by atoms with E-state index in [-0.39, 0.29) is 0 Å². The van der Waals surface area contributed by atoms with Gasteiger partial charge in [0.05, 0.1) is 5.69 Å². The van der Waals surface area contributed by atoms with Crippen LogP contribution < -0.4 is 10.5 Å². The Bertz CT molecular complexity index is 546. The summed E-state index contributed by atoms with van der Waals surface area (Å²) in [5.41, 5.74) is 10.2. The first-order chi connectivity index (χ1) is 8.54. The Labute approximate surface area is 116 Å². The predicted molar refractivity (Wildman–Crippen MR) is 78.8 cm³/mol. The molecule has 0 amide bonds. The molecule has 2 aromatic rings. The second-order valence-corrected chi connectivity index (χ2v) is 5.38. The molecule has 0 heterocycles. The van der Waals surface area contributed by atoms with Crippen molar-refractivity contribution in [1.82, 2.24) is 0 Å². The fourth-order valence-corrected chi connectivity index (χ4v) is 2.34. The SMILES string of the molecule is Cc1cc(C)cc(COc2ccc(Br)cc2N)c1. The molecule has 0 unspecified atom stereocenters. The fraction of sp³-hybridized carbons (Fsp3) is 0.200. The molecular formula is C15H16BrNO. The molecule has 0 radical (unpaired) electrons. The van der Waals surface area contributed by atoms with Crippen LogP contribution in [0.1, 0.15) is 16.7 Å². The van der Waals surface area contributed by atoms with E-state index in [1.54, 1.807) is 0 Å². The second-order valence-electron chi connectivity index (χ2n) is 4.47. The number of rotatable bonds is 3. The summed E-state index contributed by atoms with van der Waals surface area (Å²) in [6.45, 7) is 4.71. The van der Waals surface area contributed by atoms with Gasteiger partial charge in [0, 0.05) is 4.47 Å². The third-order valence-corrected chi connectivity index (χ3v) is 3.14. The molecule has 0 atom stereocenters. The highest BCUT2D eigenvalue weighted by Gasteiger charge is 2.02. The van der Waals surface area contributed by atoms with Crippen molar-refractivity contribution in [3.8, 4) is 5.75 Å². The van der Waals surface area contributed by atoms with Gasteiger partial charge >= 0.3 is 0 Å². The monoisotopic (exact) mass is 305 g/mol. The van der Waals surface area contributed by atoms with Crippen molar-refractivity contribution in [1.29, 1.82) is 0 Å². The first-order valence-corrected chi connectivity index (χ1v) is 6.59. The van der Waals surface area contributed by atoms with Gasteiger partial charge in [0.25, 0.3) is 0 Å². The summed E-state index contributed by atoms with van der Waals surface area (Å²) >= 11 is 3.38. The second kappa shape index (κ2) is 5.44. The third kappa shape index (κ3) is 3.26. The third-order valence-electron chi connectivity index (χ3n) is 2.65. The molecule has 2 rings (SSSR count). The highest BCUT2D eigenvalue weighted by Crippen LogP contribution is 2.26. The van der Waals surface area contributed by atoms with Crippen molar-refractivity contribution in [2.45, 2.75) is 20.5 Å². The molecule has 94 valence electrons. The van der Waals surface area contributed by atoms with Crippen molar-refractivity contribution in [3.63, 3.8) is 0 Å². The largest absolute Gasteiger partial charge is 0.487 e. The van der Waals surface area contributed by atoms with Crippen molar-refractivity contribution >= 4 is 21.6 Å². The quantitative estimate of drug-likeness (QED) is 0.861. The zero-order valence-corrected chi connectivity index (χ0v) is 12.1. The summed E-state index contributed by atoms with van der Waals surface area (Å²) in [4.78, 5) is 0. The van der Waals surface area contributed by atoms with E-state index in [0.29, 0.717) is 12.3 Å². The predicted octanol–water partition coefficient (Wildman–Crippen LogP) is 4.23. The molecule has 0 saturated heterocycles. The summed E-state index contributed by atoms with van der Waals surface area (Å²) in [5.74, 6) is 0.720. The van der Waals surface area contributed by atoms with E-state index in [2.05, 4.69) is 48.0 Å². The van der Waals surface area contributed by atoms with Crippen molar-refractivity contribution in [3.05, 3.63) is 57.6 Å². The molecule has 0 spiro atoms. The maximum absolute atomic E-state index is 5.89. The van der Waals surface area contributed by atoms with E-state index in [1.807, 2.05) is 18.2 Å². The van der Waals surface area contributed by atoms with E-state index < -0.39 is 0 Å². The van der Waals surface area contributed by atoms with Crippen LogP contribution in [0, 0.1) is 13.8 Å². The maximum Gasteiger partial charge on any atom is 0.142 e. The van der Waals surface area contributed by atoms with Gasteiger partial charge in [-0.05, 0) is 37.6 Å². The molecule has 0 aromatic heterocycles. The molecule has 0 aliphatic heterocycles. The zero-order chi connectivity index (χ0) is 13.1. The lowest BCUT2D eigenvalue weighted by Gasteiger charge is -2.10. The number of anilines is 1. The van der Waals surface area contributed by atoms with E-state index in [4.69, 9.17) is 10.5 Å². The summed E-state index contributed by atoms with van der Waals surface area (Å²) in [7, 11) is 0. The number of aryl methyl sites for hydroxylation is 2. The number of hydrogen-bond acceptors (Lipinski definition) is 2. The Morgan fingerprint density at radius 3 is 2.33 bits per heavy atom. The Kier molecular flexibility index (Phi) is 3.92. The van der Waals surface area contributed by atoms with Gasteiger partial charge in [-0.2, -0.15) is 0 Å². The van der Waals surface area contributed by atoms with Gasteiger partial charge in [0.2, 0.25) is 0 Å². The highest BCUT2D eigenvalue weighted by atomic mass is 79.9. The fourth-order valence-electron chi connectivity index (χ4n) is 1.96. The van der Waals surface area contributed by atoms with E-state index in [0.717, 1.165) is 15.8 Å². The van der Waals surface area contributed by atoms with Crippen LogP contribution in [0.25, 0.3) is 0 Å². The lowest BCUT2D eigenvalue weighted by atomic mass is 10.1. The van der Waals surface area contributed by atoms with Crippen LogP contribution in [-0.2, 0) is 6.61 Å².